The Kier molecular flexibility index (Phi) is 3.33. The maximum Gasteiger partial charge on any atom is 0.277 e. The van der Waals surface area contributed by atoms with E-state index in [4.69, 9.17) is 16.7 Å². The molecule has 0 bridgehead atoms. The number of nitrogens with two attached hydrogens (primary N) is 1. The summed E-state index contributed by atoms with van der Waals surface area (Å²) in [6, 6.07) is 3.68. The molecule has 20 heavy (non-hydrogen) atoms. The highest BCUT2D eigenvalue weighted by atomic mass is 35.5. The molecule has 7 nitrogen and oxygen atoms in total. The molecule has 3 rings (SSSR count). The third-order valence-corrected chi connectivity index (χ3v) is 4.74. The molecular formula is C11H14ClN5O2S. The van der Waals surface area contributed by atoms with Crippen molar-refractivity contribution in [3.8, 4) is 0 Å². The van der Waals surface area contributed by atoms with Crippen LogP contribution >= 0.6 is 11.6 Å². The van der Waals surface area contributed by atoms with E-state index in [1.54, 1.807) is 6.20 Å². The second kappa shape index (κ2) is 4.88. The Balaban J connectivity index is 1.89. The van der Waals surface area contributed by atoms with Gasteiger partial charge in [0.05, 0.1) is 11.7 Å². The van der Waals surface area contributed by atoms with Gasteiger partial charge in [-0.15, -0.1) is 0 Å². The first kappa shape index (κ1) is 13.6. The summed E-state index contributed by atoms with van der Waals surface area (Å²) in [4.78, 5) is 2.09. The number of H-pyrrole nitrogens is 1. The lowest BCUT2D eigenvalue weighted by atomic mass is 10.2. The highest BCUT2D eigenvalue weighted by Crippen LogP contribution is 2.30. The fourth-order valence-electron chi connectivity index (χ4n) is 2.44. The molecule has 0 radical (unpaired) electrons. The van der Waals surface area contributed by atoms with Crippen LogP contribution in [0.3, 0.4) is 0 Å². The van der Waals surface area contributed by atoms with Crippen LogP contribution in [0.15, 0.2) is 18.3 Å². The molecule has 0 atom stereocenters. The number of nitrogens with one attached hydrogen (secondary N) is 1. The van der Waals surface area contributed by atoms with Crippen LogP contribution in [0.1, 0.15) is 0 Å². The first-order valence-electron chi connectivity index (χ1n) is 6.10. The van der Waals surface area contributed by atoms with Crippen LogP contribution < -0.4 is 10.0 Å². The van der Waals surface area contributed by atoms with Gasteiger partial charge in [0.1, 0.15) is 0 Å². The number of halogens is 1. The highest BCUT2D eigenvalue weighted by Gasteiger charge is 2.25. The largest absolute Gasteiger partial charge is 0.368 e. The molecule has 2 aromatic rings. The van der Waals surface area contributed by atoms with Crippen LogP contribution in [-0.4, -0.2) is 49.1 Å². The molecule has 0 amide bonds. The summed E-state index contributed by atoms with van der Waals surface area (Å²) in [7, 11) is -3.61. The maximum atomic E-state index is 11.3. The molecule has 1 aromatic heterocycles. The zero-order valence-electron chi connectivity index (χ0n) is 10.6. The summed E-state index contributed by atoms with van der Waals surface area (Å²) in [5.74, 6) is 0. The van der Waals surface area contributed by atoms with E-state index in [1.807, 2.05) is 12.1 Å². The van der Waals surface area contributed by atoms with Gasteiger partial charge in [0.2, 0.25) is 0 Å². The molecular weight excluding hydrogens is 302 g/mol. The summed E-state index contributed by atoms with van der Waals surface area (Å²) in [6.07, 6.45) is 1.74. The quantitative estimate of drug-likeness (QED) is 0.845. The molecule has 0 unspecified atom stereocenters. The lowest BCUT2D eigenvalue weighted by Gasteiger charge is -2.34. The van der Waals surface area contributed by atoms with Crippen molar-refractivity contribution >= 4 is 38.4 Å². The van der Waals surface area contributed by atoms with Crippen molar-refractivity contribution in [3.63, 3.8) is 0 Å². The Labute approximate surface area is 121 Å². The highest BCUT2D eigenvalue weighted by molar-refractivity contribution is 7.86. The van der Waals surface area contributed by atoms with Crippen molar-refractivity contribution in [2.24, 2.45) is 5.14 Å². The number of hydrogen-bond donors (Lipinski definition) is 2. The third-order valence-electron chi connectivity index (χ3n) is 3.44. The number of hydrogen-bond acceptors (Lipinski definition) is 4. The zero-order chi connectivity index (χ0) is 14.3. The van der Waals surface area contributed by atoms with Gasteiger partial charge in [-0.25, -0.2) is 5.14 Å². The smallest absolute Gasteiger partial charge is 0.277 e. The summed E-state index contributed by atoms with van der Waals surface area (Å²) >= 11 is 6.10. The van der Waals surface area contributed by atoms with Crippen molar-refractivity contribution in [3.05, 3.63) is 23.4 Å². The van der Waals surface area contributed by atoms with Gasteiger partial charge in [0.25, 0.3) is 10.2 Å². The number of benzene rings is 1. The number of fused-ring (bicyclic) bond motifs is 1. The standard InChI is InChI=1S/C11H14ClN5O2S/c12-8-5-10-9(7-14-15-10)11(6-8)16-1-3-17(4-2-16)20(13,18)19/h5-7H,1-4H2,(H,14,15)(H2,13,18,19). The molecule has 108 valence electrons. The molecule has 1 fully saturated rings. The number of aromatic amines is 1. The lowest BCUT2D eigenvalue weighted by Crippen LogP contribution is -2.50. The SMILES string of the molecule is NS(=O)(=O)N1CCN(c2cc(Cl)cc3[nH]ncc23)CC1. The van der Waals surface area contributed by atoms with Crippen molar-refractivity contribution in [1.29, 1.82) is 0 Å². The molecule has 2 heterocycles. The van der Waals surface area contributed by atoms with Crippen molar-refractivity contribution in [2.45, 2.75) is 0 Å². The number of nitrogens with zero attached hydrogens (tertiary/aromatic N) is 3. The molecule has 1 aliphatic rings. The Morgan fingerprint density at radius 2 is 1.95 bits per heavy atom. The fraction of sp³-hybridized carbons (Fsp3) is 0.364. The van der Waals surface area contributed by atoms with E-state index >= 15 is 0 Å². The molecule has 0 aliphatic carbocycles. The normalized spacial score (nSPS) is 17.8. The van der Waals surface area contributed by atoms with E-state index in [9.17, 15) is 8.42 Å². The van der Waals surface area contributed by atoms with Crippen LogP contribution in [0.25, 0.3) is 10.9 Å². The molecule has 3 N–H and O–H groups in total. The molecule has 1 saturated heterocycles. The Morgan fingerprint density at radius 1 is 1.25 bits per heavy atom. The number of piperazine rings is 1. The van der Waals surface area contributed by atoms with Crippen LogP contribution in [0.2, 0.25) is 5.02 Å². The Morgan fingerprint density at radius 3 is 2.60 bits per heavy atom. The number of aromatic nitrogens is 2. The minimum absolute atomic E-state index is 0.366. The van der Waals surface area contributed by atoms with Gasteiger partial charge in [-0.2, -0.15) is 17.8 Å². The van der Waals surface area contributed by atoms with Crippen LogP contribution in [0.5, 0.6) is 0 Å². The lowest BCUT2D eigenvalue weighted by molar-refractivity contribution is 0.386. The molecule has 9 heteroatoms. The minimum atomic E-state index is -3.61. The number of anilines is 1. The van der Waals surface area contributed by atoms with Crippen LogP contribution in [0, 0.1) is 0 Å². The molecule has 1 aliphatic heterocycles. The van der Waals surface area contributed by atoms with Gasteiger partial charge < -0.3 is 4.90 Å². The summed E-state index contributed by atoms with van der Waals surface area (Å²) in [5, 5.41) is 13.6. The maximum absolute atomic E-state index is 11.3. The van der Waals surface area contributed by atoms with E-state index in [0.717, 1.165) is 16.6 Å². The third kappa shape index (κ3) is 2.47. The van der Waals surface area contributed by atoms with E-state index in [-0.39, 0.29) is 0 Å². The van der Waals surface area contributed by atoms with Gasteiger partial charge in [-0.3, -0.25) is 5.10 Å². The van der Waals surface area contributed by atoms with E-state index < -0.39 is 10.2 Å². The van der Waals surface area contributed by atoms with Crippen LogP contribution in [-0.2, 0) is 10.2 Å². The Bertz CT molecular complexity index is 736. The monoisotopic (exact) mass is 315 g/mol. The summed E-state index contributed by atoms with van der Waals surface area (Å²) in [5.41, 5.74) is 1.82. The average molecular weight is 316 g/mol. The van der Waals surface area contributed by atoms with Crippen molar-refractivity contribution < 1.29 is 8.42 Å². The average Bonchev–Trinajstić information content (AvgIpc) is 2.85. The first-order valence-corrected chi connectivity index (χ1v) is 7.99. The summed E-state index contributed by atoms with van der Waals surface area (Å²) in [6.45, 7) is 1.86. The van der Waals surface area contributed by atoms with E-state index in [0.29, 0.717) is 31.2 Å². The van der Waals surface area contributed by atoms with Crippen LogP contribution in [0.4, 0.5) is 5.69 Å². The summed E-state index contributed by atoms with van der Waals surface area (Å²) < 4.78 is 23.9. The molecule has 1 aromatic carbocycles. The van der Waals surface area contributed by atoms with E-state index in [1.165, 1.54) is 4.31 Å². The molecule has 0 spiro atoms. The zero-order valence-corrected chi connectivity index (χ0v) is 12.2. The van der Waals surface area contributed by atoms with Gasteiger partial charge in [-0.05, 0) is 12.1 Å². The van der Waals surface area contributed by atoms with Crippen molar-refractivity contribution in [1.82, 2.24) is 14.5 Å². The number of rotatable bonds is 2. The van der Waals surface area contributed by atoms with Gasteiger partial charge in [0, 0.05) is 42.3 Å². The second-order valence-corrected chi connectivity index (χ2v) is 6.67. The van der Waals surface area contributed by atoms with E-state index in [2.05, 4.69) is 15.1 Å². The second-order valence-electron chi connectivity index (χ2n) is 4.69. The van der Waals surface area contributed by atoms with Gasteiger partial charge >= 0.3 is 0 Å². The molecule has 0 saturated carbocycles. The topological polar surface area (TPSA) is 95.3 Å². The minimum Gasteiger partial charge on any atom is -0.368 e. The Hall–Kier alpha value is -1.35. The van der Waals surface area contributed by atoms with Gasteiger partial charge in [0.15, 0.2) is 0 Å². The fourth-order valence-corrected chi connectivity index (χ4v) is 3.33. The first-order chi connectivity index (χ1) is 9.45. The van der Waals surface area contributed by atoms with Crippen molar-refractivity contribution in [2.75, 3.05) is 31.1 Å². The predicted molar refractivity (Wildman–Crippen MR) is 78.0 cm³/mol. The predicted octanol–water partition coefficient (Wildman–Crippen LogP) is 0.542. The van der Waals surface area contributed by atoms with Gasteiger partial charge in [-0.1, -0.05) is 11.6 Å².